The molecule has 1 saturated heterocycles. The van der Waals surface area contributed by atoms with Crippen LogP contribution >= 0.6 is 0 Å². The van der Waals surface area contributed by atoms with Gasteiger partial charge in [0.1, 0.15) is 6.61 Å². The predicted molar refractivity (Wildman–Crippen MR) is 97.5 cm³/mol. The molecule has 7 heteroatoms. The van der Waals surface area contributed by atoms with E-state index in [0.29, 0.717) is 13.0 Å². The van der Waals surface area contributed by atoms with Crippen molar-refractivity contribution in [3.63, 3.8) is 0 Å². The number of nitrogens with zero attached hydrogens (tertiary/aromatic N) is 3. The molecule has 2 aliphatic rings. The van der Waals surface area contributed by atoms with E-state index in [2.05, 4.69) is 15.3 Å². The molecule has 1 saturated carbocycles. The average Bonchev–Trinajstić information content (AvgIpc) is 3.54. The molecule has 27 heavy (non-hydrogen) atoms. The van der Waals surface area contributed by atoms with Gasteiger partial charge in [-0.25, -0.2) is 0 Å². The quantitative estimate of drug-likeness (QED) is 0.832. The number of amides is 2. The molecule has 0 unspecified atom stereocenters. The first-order valence-electron chi connectivity index (χ1n) is 9.23. The average molecular weight is 366 g/mol. The minimum absolute atomic E-state index is 0.0598. The van der Waals surface area contributed by atoms with E-state index in [9.17, 15) is 9.59 Å². The van der Waals surface area contributed by atoms with E-state index in [1.54, 1.807) is 24.8 Å². The van der Waals surface area contributed by atoms with Gasteiger partial charge in [-0.3, -0.25) is 19.6 Å². The lowest BCUT2D eigenvalue weighted by Crippen LogP contribution is -2.55. The third-order valence-corrected chi connectivity index (χ3v) is 4.95. The number of ether oxygens (including phenoxy) is 1. The van der Waals surface area contributed by atoms with Crippen LogP contribution in [0.1, 0.15) is 30.0 Å². The van der Waals surface area contributed by atoms with E-state index in [1.807, 2.05) is 29.2 Å². The molecule has 2 amide bonds. The standard InChI is InChI=1S/C20H22N4O3/c25-17-13-27-19(20(26)23-11-7-14-5-9-21-10-6-14)18(24(17)16-3-4-16)15-2-1-8-22-12-15/h1-2,5-6,8-10,12,16,18-19H,3-4,7,11,13H2,(H,23,26)/t18-,19+/m1/s1. The highest BCUT2D eigenvalue weighted by Gasteiger charge is 2.47. The number of hydrogen-bond acceptors (Lipinski definition) is 5. The number of morpholine rings is 1. The van der Waals surface area contributed by atoms with Crippen LogP contribution < -0.4 is 5.32 Å². The molecular weight excluding hydrogens is 344 g/mol. The third kappa shape index (κ3) is 3.98. The molecule has 2 fully saturated rings. The normalized spacial score (nSPS) is 22.5. The minimum Gasteiger partial charge on any atom is -0.356 e. The molecule has 0 aromatic carbocycles. The highest BCUT2D eigenvalue weighted by Crippen LogP contribution is 2.39. The van der Waals surface area contributed by atoms with E-state index in [-0.39, 0.29) is 24.5 Å². The van der Waals surface area contributed by atoms with E-state index in [1.165, 1.54) is 0 Å². The van der Waals surface area contributed by atoms with Gasteiger partial charge in [-0.2, -0.15) is 0 Å². The number of nitrogens with one attached hydrogen (secondary N) is 1. The molecule has 7 nitrogen and oxygen atoms in total. The van der Waals surface area contributed by atoms with Crippen molar-refractivity contribution in [3.05, 3.63) is 60.2 Å². The summed E-state index contributed by atoms with van der Waals surface area (Å²) in [6, 6.07) is 7.32. The molecule has 1 aliphatic carbocycles. The van der Waals surface area contributed by atoms with Crippen molar-refractivity contribution in [2.45, 2.75) is 37.5 Å². The van der Waals surface area contributed by atoms with Gasteiger partial charge in [-0.15, -0.1) is 0 Å². The van der Waals surface area contributed by atoms with E-state index < -0.39 is 12.1 Å². The zero-order valence-electron chi connectivity index (χ0n) is 15.0. The molecule has 2 aromatic heterocycles. The highest BCUT2D eigenvalue weighted by atomic mass is 16.5. The van der Waals surface area contributed by atoms with Gasteiger partial charge in [-0.05, 0) is 48.6 Å². The fraction of sp³-hybridized carbons (Fsp3) is 0.400. The molecular formula is C20H22N4O3. The highest BCUT2D eigenvalue weighted by molar-refractivity contribution is 5.86. The molecule has 3 heterocycles. The summed E-state index contributed by atoms with van der Waals surface area (Å²) in [4.78, 5) is 35.3. The van der Waals surface area contributed by atoms with E-state index >= 15 is 0 Å². The Morgan fingerprint density at radius 1 is 1.19 bits per heavy atom. The maximum absolute atomic E-state index is 12.9. The molecule has 140 valence electrons. The Morgan fingerprint density at radius 3 is 2.70 bits per heavy atom. The van der Waals surface area contributed by atoms with Crippen LogP contribution in [0.15, 0.2) is 49.1 Å². The summed E-state index contributed by atoms with van der Waals surface area (Å²) >= 11 is 0. The number of carbonyl (C=O) groups excluding carboxylic acids is 2. The summed E-state index contributed by atoms with van der Waals surface area (Å²) in [6.07, 6.45) is 8.78. The zero-order valence-corrected chi connectivity index (χ0v) is 15.0. The van der Waals surface area contributed by atoms with Crippen LogP contribution in [-0.2, 0) is 20.7 Å². The molecule has 0 radical (unpaired) electrons. The summed E-state index contributed by atoms with van der Waals surface area (Å²) < 4.78 is 5.69. The largest absolute Gasteiger partial charge is 0.356 e. The molecule has 1 aliphatic heterocycles. The number of carbonyl (C=O) groups is 2. The van der Waals surface area contributed by atoms with Crippen molar-refractivity contribution >= 4 is 11.8 Å². The summed E-state index contributed by atoms with van der Waals surface area (Å²) in [5, 5.41) is 2.95. The lowest BCUT2D eigenvalue weighted by Gasteiger charge is -2.40. The Balaban J connectivity index is 1.48. The number of rotatable bonds is 6. The molecule has 0 spiro atoms. The van der Waals surface area contributed by atoms with Crippen molar-refractivity contribution in [3.8, 4) is 0 Å². The van der Waals surface area contributed by atoms with Gasteiger partial charge >= 0.3 is 0 Å². The van der Waals surface area contributed by atoms with Crippen LogP contribution in [-0.4, -0.2) is 52.0 Å². The van der Waals surface area contributed by atoms with Crippen molar-refractivity contribution in [1.82, 2.24) is 20.2 Å². The van der Waals surface area contributed by atoms with E-state index in [4.69, 9.17) is 4.74 Å². The summed E-state index contributed by atoms with van der Waals surface area (Å²) in [5.74, 6) is -0.261. The van der Waals surface area contributed by atoms with Gasteiger partial charge in [0.15, 0.2) is 6.10 Å². The second-order valence-electron chi connectivity index (χ2n) is 6.89. The van der Waals surface area contributed by atoms with E-state index in [0.717, 1.165) is 24.0 Å². The fourth-order valence-corrected chi connectivity index (χ4v) is 3.50. The van der Waals surface area contributed by atoms with Crippen molar-refractivity contribution in [2.75, 3.05) is 13.2 Å². The van der Waals surface area contributed by atoms with Crippen LogP contribution in [0, 0.1) is 0 Å². The molecule has 4 rings (SSSR count). The van der Waals surface area contributed by atoms with Crippen LogP contribution in [0.5, 0.6) is 0 Å². The summed E-state index contributed by atoms with van der Waals surface area (Å²) in [5.41, 5.74) is 1.93. The van der Waals surface area contributed by atoms with Gasteiger partial charge in [-0.1, -0.05) is 6.07 Å². The summed E-state index contributed by atoms with van der Waals surface area (Å²) in [7, 11) is 0. The predicted octanol–water partition coefficient (Wildman–Crippen LogP) is 1.27. The lowest BCUT2D eigenvalue weighted by molar-refractivity contribution is -0.165. The molecule has 2 atom stereocenters. The first kappa shape index (κ1) is 17.6. The van der Waals surface area contributed by atoms with Crippen molar-refractivity contribution in [2.24, 2.45) is 0 Å². The smallest absolute Gasteiger partial charge is 0.251 e. The zero-order chi connectivity index (χ0) is 18.6. The Kier molecular flexibility index (Phi) is 5.11. The molecule has 2 aromatic rings. The Bertz CT molecular complexity index is 795. The van der Waals surface area contributed by atoms with Crippen LogP contribution in [0.25, 0.3) is 0 Å². The Labute approximate surface area is 157 Å². The number of pyridine rings is 2. The van der Waals surface area contributed by atoms with Crippen molar-refractivity contribution < 1.29 is 14.3 Å². The van der Waals surface area contributed by atoms with Gasteiger partial charge < -0.3 is 15.0 Å². The minimum atomic E-state index is -0.732. The molecule has 0 bridgehead atoms. The SMILES string of the molecule is O=C(NCCc1ccncc1)[C@H]1OCC(=O)N(C2CC2)[C@@H]1c1cccnc1. The number of aromatic nitrogens is 2. The van der Waals surface area contributed by atoms with Crippen LogP contribution in [0.3, 0.4) is 0 Å². The fourth-order valence-electron chi connectivity index (χ4n) is 3.50. The van der Waals surface area contributed by atoms with Gasteiger partial charge in [0.05, 0.1) is 6.04 Å². The Morgan fingerprint density at radius 2 is 2.00 bits per heavy atom. The molecule has 1 N–H and O–H groups in total. The van der Waals surface area contributed by atoms with Crippen LogP contribution in [0.4, 0.5) is 0 Å². The Hall–Kier alpha value is -2.80. The maximum atomic E-state index is 12.9. The third-order valence-electron chi connectivity index (χ3n) is 4.95. The first-order chi connectivity index (χ1) is 13.2. The van der Waals surface area contributed by atoms with Gasteiger partial charge in [0.2, 0.25) is 5.91 Å². The number of hydrogen-bond donors (Lipinski definition) is 1. The lowest BCUT2D eigenvalue weighted by atomic mass is 9.98. The van der Waals surface area contributed by atoms with Crippen molar-refractivity contribution in [1.29, 1.82) is 0 Å². The monoisotopic (exact) mass is 366 g/mol. The van der Waals surface area contributed by atoms with Gasteiger partial charge in [0, 0.05) is 37.4 Å². The maximum Gasteiger partial charge on any atom is 0.251 e. The first-order valence-corrected chi connectivity index (χ1v) is 9.23. The van der Waals surface area contributed by atoms with Crippen LogP contribution in [0.2, 0.25) is 0 Å². The van der Waals surface area contributed by atoms with Gasteiger partial charge in [0.25, 0.3) is 5.91 Å². The summed E-state index contributed by atoms with van der Waals surface area (Å²) in [6.45, 7) is 0.440. The second-order valence-corrected chi connectivity index (χ2v) is 6.89. The second kappa shape index (κ2) is 7.84. The topological polar surface area (TPSA) is 84.4 Å².